The minimum atomic E-state index is -0.514. The molecule has 3 rings (SSSR count). The fourth-order valence-corrected chi connectivity index (χ4v) is 3.46. The third-order valence-electron chi connectivity index (χ3n) is 5.43. The van der Waals surface area contributed by atoms with E-state index in [-0.39, 0.29) is 25.3 Å². The van der Waals surface area contributed by atoms with Gasteiger partial charge in [0.25, 0.3) is 0 Å². The SMILES string of the molecule is CCCCCC1OCC(C(=O)Oc2ccc(-c3ccc(OCCCC)cc3)c(F)c2)CO1. The van der Waals surface area contributed by atoms with E-state index in [1.54, 1.807) is 12.1 Å². The Hall–Kier alpha value is -2.44. The maximum atomic E-state index is 14.7. The highest BCUT2D eigenvalue weighted by molar-refractivity contribution is 5.76. The molecule has 2 aromatic carbocycles. The van der Waals surface area contributed by atoms with Crippen molar-refractivity contribution in [1.29, 1.82) is 0 Å². The van der Waals surface area contributed by atoms with Gasteiger partial charge in [0.1, 0.15) is 23.2 Å². The van der Waals surface area contributed by atoms with E-state index in [1.807, 2.05) is 24.3 Å². The molecular weight excluding hydrogens is 411 g/mol. The number of hydrogen-bond donors (Lipinski definition) is 0. The van der Waals surface area contributed by atoms with Crippen LogP contribution in [-0.2, 0) is 14.3 Å². The Morgan fingerprint density at radius 1 is 0.969 bits per heavy atom. The molecule has 5 nitrogen and oxygen atoms in total. The Labute approximate surface area is 189 Å². The number of benzene rings is 2. The summed E-state index contributed by atoms with van der Waals surface area (Å²) in [4.78, 5) is 12.4. The van der Waals surface area contributed by atoms with Crippen LogP contribution >= 0.6 is 0 Å². The second kappa shape index (κ2) is 12.6. The van der Waals surface area contributed by atoms with Crippen LogP contribution in [0.2, 0.25) is 0 Å². The van der Waals surface area contributed by atoms with Crippen LogP contribution in [0.4, 0.5) is 4.39 Å². The van der Waals surface area contributed by atoms with E-state index in [4.69, 9.17) is 18.9 Å². The first-order valence-electron chi connectivity index (χ1n) is 11.6. The van der Waals surface area contributed by atoms with Gasteiger partial charge in [0.05, 0.1) is 19.8 Å². The molecule has 32 heavy (non-hydrogen) atoms. The largest absolute Gasteiger partial charge is 0.494 e. The van der Waals surface area contributed by atoms with E-state index in [1.165, 1.54) is 6.07 Å². The molecule has 1 aliphatic heterocycles. The maximum Gasteiger partial charge on any atom is 0.319 e. The van der Waals surface area contributed by atoms with Crippen LogP contribution in [0.15, 0.2) is 42.5 Å². The summed E-state index contributed by atoms with van der Waals surface area (Å²) < 4.78 is 37.0. The smallest absolute Gasteiger partial charge is 0.319 e. The number of hydrogen-bond acceptors (Lipinski definition) is 5. The summed E-state index contributed by atoms with van der Waals surface area (Å²) in [5.74, 6) is -0.515. The fraction of sp³-hybridized carbons (Fsp3) is 0.500. The molecule has 0 saturated carbocycles. The quantitative estimate of drug-likeness (QED) is 0.236. The Kier molecular flexibility index (Phi) is 9.50. The molecule has 0 amide bonds. The van der Waals surface area contributed by atoms with Crippen LogP contribution in [0, 0.1) is 11.7 Å². The molecule has 0 unspecified atom stereocenters. The van der Waals surface area contributed by atoms with Crippen molar-refractivity contribution in [1.82, 2.24) is 0 Å². The molecule has 1 heterocycles. The lowest BCUT2D eigenvalue weighted by atomic mass is 10.0. The molecule has 0 N–H and O–H groups in total. The summed E-state index contributed by atoms with van der Waals surface area (Å²) in [5, 5.41) is 0. The Balaban J connectivity index is 1.52. The van der Waals surface area contributed by atoms with E-state index in [9.17, 15) is 9.18 Å². The predicted molar refractivity (Wildman–Crippen MR) is 121 cm³/mol. The number of ether oxygens (including phenoxy) is 4. The molecule has 0 spiro atoms. The summed E-state index contributed by atoms with van der Waals surface area (Å²) in [5.41, 5.74) is 1.16. The number of unbranched alkanes of at least 4 members (excludes halogenated alkanes) is 3. The van der Waals surface area contributed by atoms with Crippen molar-refractivity contribution in [3.8, 4) is 22.6 Å². The first-order chi connectivity index (χ1) is 15.6. The second-order valence-electron chi connectivity index (χ2n) is 8.08. The van der Waals surface area contributed by atoms with Crippen LogP contribution in [0.25, 0.3) is 11.1 Å². The monoisotopic (exact) mass is 444 g/mol. The van der Waals surface area contributed by atoms with E-state index in [0.717, 1.165) is 49.8 Å². The van der Waals surface area contributed by atoms with Gasteiger partial charge < -0.3 is 18.9 Å². The number of rotatable bonds is 11. The third-order valence-corrected chi connectivity index (χ3v) is 5.43. The summed E-state index contributed by atoms with van der Waals surface area (Å²) >= 11 is 0. The van der Waals surface area contributed by atoms with Gasteiger partial charge in [-0.3, -0.25) is 4.79 Å². The molecule has 2 aromatic rings. The molecule has 0 aromatic heterocycles. The molecule has 1 aliphatic rings. The lowest BCUT2D eigenvalue weighted by Crippen LogP contribution is -2.38. The summed E-state index contributed by atoms with van der Waals surface area (Å²) in [6, 6.07) is 11.7. The van der Waals surface area contributed by atoms with Crippen LogP contribution in [-0.4, -0.2) is 32.1 Å². The Morgan fingerprint density at radius 2 is 1.66 bits per heavy atom. The normalized spacial score (nSPS) is 18.3. The van der Waals surface area contributed by atoms with Crippen molar-refractivity contribution in [2.24, 2.45) is 5.92 Å². The zero-order valence-corrected chi connectivity index (χ0v) is 19.0. The minimum absolute atomic E-state index is 0.167. The van der Waals surface area contributed by atoms with Gasteiger partial charge in [0, 0.05) is 11.6 Å². The van der Waals surface area contributed by atoms with Gasteiger partial charge in [-0.1, -0.05) is 45.2 Å². The van der Waals surface area contributed by atoms with Gasteiger partial charge in [0.15, 0.2) is 6.29 Å². The number of carbonyl (C=O) groups is 1. The average Bonchev–Trinajstić information content (AvgIpc) is 2.81. The van der Waals surface area contributed by atoms with E-state index < -0.39 is 17.7 Å². The topological polar surface area (TPSA) is 54.0 Å². The van der Waals surface area contributed by atoms with Crippen LogP contribution < -0.4 is 9.47 Å². The average molecular weight is 445 g/mol. The van der Waals surface area contributed by atoms with E-state index in [0.29, 0.717) is 12.2 Å². The summed E-state index contributed by atoms with van der Waals surface area (Å²) in [6.07, 6.45) is 5.94. The van der Waals surface area contributed by atoms with Crippen molar-refractivity contribution < 1.29 is 28.1 Å². The van der Waals surface area contributed by atoms with Gasteiger partial charge in [-0.2, -0.15) is 0 Å². The molecule has 174 valence electrons. The number of carbonyl (C=O) groups excluding carboxylic acids is 1. The highest BCUT2D eigenvalue weighted by Gasteiger charge is 2.29. The number of esters is 1. The molecular formula is C26H33FO5. The molecule has 1 fully saturated rings. The third kappa shape index (κ3) is 7.04. The van der Waals surface area contributed by atoms with Crippen molar-refractivity contribution in [2.45, 2.75) is 58.7 Å². The predicted octanol–water partition coefficient (Wildman–Crippen LogP) is 6.15. The Morgan fingerprint density at radius 3 is 2.31 bits per heavy atom. The Bertz CT molecular complexity index is 844. The molecule has 6 heteroatoms. The minimum Gasteiger partial charge on any atom is -0.494 e. The first kappa shape index (κ1) is 24.2. The van der Waals surface area contributed by atoms with Crippen molar-refractivity contribution in [3.05, 3.63) is 48.3 Å². The molecule has 0 bridgehead atoms. The van der Waals surface area contributed by atoms with Crippen LogP contribution in [0.3, 0.4) is 0 Å². The first-order valence-corrected chi connectivity index (χ1v) is 11.6. The highest BCUT2D eigenvalue weighted by atomic mass is 19.1. The summed E-state index contributed by atoms with van der Waals surface area (Å²) in [7, 11) is 0. The second-order valence-corrected chi connectivity index (χ2v) is 8.08. The van der Waals surface area contributed by atoms with Crippen LogP contribution in [0.1, 0.15) is 52.4 Å². The van der Waals surface area contributed by atoms with Crippen molar-refractivity contribution >= 4 is 5.97 Å². The lowest BCUT2D eigenvalue weighted by molar-refractivity contribution is -0.208. The highest BCUT2D eigenvalue weighted by Crippen LogP contribution is 2.28. The van der Waals surface area contributed by atoms with Gasteiger partial charge >= 0.3 is 5.97 Å². The van der Waals surface area contributed by atoms with Crippen molar-refractivity contribution in [2.75, 3.05) is 19.8 Å². The summed E-state index contributed by atoms with van der Waals surface area (Å²) in [6.45, 7) is 5.43. The fourth-order valence-electron chi connectivity index (χ4n) is 3.46. The van der Waals surface area contributed by atoms with E-state index in [2.05, 4.69) is 13.8 Å². The van der Waals surface area contributed by atoms with Gasteiger partial charge in [-0.05, 0) is 49.1 Å². The van der Waals surface area contributed by atoms with Crippen LogP contribution in [0.5, 0.6) is 11.5 Å². The maximum absolute atomic E-state index is 14.7. The molecule has 0 atom stereocenters. The standard InChI is InChI=1S/C26H33FO5/c1-3-5-7-8-25-30-17-20(18-31-25)26(28)32-22-13-14-23(24(27)16-22)19-9-11-21(12-10-19)29-15-6-4-2/h9-14,16,20,25H,3-8,15,17-18H2,1-2H3. The number of halogens is 1. The van der Waals surface area contributed by atoms with E-state index >= 15 is 0 Å². The molecule has 0 aliphatic carbocycles. The zero-order chi connectivity index (χ0) is 22.8. The van der Waals surface area contributed by atoms with Gasteiger partial charge in [-0.25, -0.2) is 4.39 Å². The van der Waals surface area contributed by atoms with Gasteiger partial charge in [0.2, 0.25) is 0 Å². The zero-order valence-electron chi connectivity index (χ0n) is 19.0. The lowest BCUT2D eigenvalue weighted by Gasteiger charge is -2.28. The molecule has 1 saturated heterocycles. The van der Waals surface area contributed by atoms with Gasteiger partial charge in [-0.15, -0.1) is 0 Å². The molecule has 0 radical (unpaired) electrons. The van der Waals surface area contributed by atoms with Crippen molar-refractivity contribution in [3.63, 3.8) is 0 Å².